The lowest BCUT2D eigenvalue weighted by Gasteiger charge is -2.32. The van der Waals surface area contributed by atoms with Crippen LogP contribution in [0.4, 0.5) is 0 Å². The van der Waals surface area contributed by atoms with Crippen LogP contribution in [0.3, 0.4) is 0 Å². The molecule has 0 aromatic carbocycles. The van der Waals surface area contributed by atoms with Gasteiger partial charge in [-0.1, -0.05) is 0 Å². The minimum atomic E-state index is 0.720. The Labute approximate surface area is 114 Å². The third-order valence-corrected chi connectivity index (χ3v) is 4.78. The Morgan fingerprint density at radius 2 is 1.89 bits per heavy atom. The molecule has 3 aliphatic rings. The number of rotatable bonds is 3. The zero-order chi connectivity index (χ0) is 12.7. The molecule has 104 valence electrons. The van der Waals surface area contributed by atoms with Crippen LogP contribution < -0.4 is 5.32 Å². The molecule has 4 rings (SSSR count). The highest BCUT2D eigenvalue weighted by Crippen LogP contribution is 2.39. The van der Waals surface area contributed by atoms with E-state index in [2.05, 4.69) is 25.0 Å². The molecular weight excluding hydrogens is 238 g/mol. The predicted octanol–water partition coefficient (Wildman–Crippen LogP) is 0.971. The fraction of sp³-hybridized carbons (Fsp3) is 0.857. The molecule has 5 heteroatoms. The first-order chi connectivity index (χ1) is 9.40. The highest BCUT2D eigenvalue weighted by molar-refractivity contribution is 5.09. The third-order valence-electron chi connectivity index (χ3n) is 4.78. The normalized spacial score (nSPS) is 25.5. The molecule has 1 N–H and O–H groups in total. The van der Waals surface area contributed by atoms with Crippen molar-refractivity contribution in [2.45, 2.75) is 44.7 Å². The fourth-order valence-corrected chi connectivity index (χ4v) is 3.46. The van der Waals surface area contributed by atoms with Crippen molar-refractivity contribution in [3.63, 3.8) is 0 Å². The van der Waals surface area contributed by atoms with Gasteiger partial charge in [0.05, 0.1) is 6.54 Å². The van der Waals surface area contributed by atoms with Crippen LogP contribution in [0, 0.1) is 5.92 Å². The van der Waals surface area contributed by atoms with Crippen molar-refractivity contribution >= 4 is 0 Å². The zero-order valence-electron chi connectivity index (χ0n) is 11.5. The molecule has 0 amide bonds. The van der Waals surface area contributed by atoms with Gasteiger partial charge in [0, 0.05) is 25.6 Å². The second-order valence-electron chi connectivity index (χ2n) is 6.33. The smallest absolute Gasteiger partial charge is 0.147 e. The highest BCUT2D eigenvalue weighted by atomic mass is 15.3. The monoisotopic (exact) mass is 261 g/mol. The summed E-state index contributed by atoms with van der Waals surface area (Å²) in [6.45, 7) is 6.91. The first-order valence-electron chi connectivity index (χ1n) is 7.75. The van der Waals surface area contributed by atoms with Crippen LogP contribution in [-0.4, -0.2) is 45.8 Å². The quantitative estimate of drug-likeness (QED) is 0.881. The molecule has 1 saturated heterocycles. The summed E-state index contributed by atoms with van der Waals surface area (Å²) in [6.07, 6.45) is 5.29. The number of hydrogen-bond acceptors (Lipinski definition) is 4. The molecule has 3 heterocycles. The van der Waals surface area contributed by atoms with Crippen LogP contribution in [0.2, 0.25) is 0 Å². The zero-order valence-corrected chi connectivity index (χ0v) is 11.5. The van der Waals surface area contributed by atoms with Gasteiger partial charge in [0.1, 0.15) is 11.6 Å². The molecule has 2 aliphatic heterocycles. The summed E-state index contributed by atoms with van der Waals surface area (Å²) < 4.78 is 2.39. The number of hydrogen-bond donors (Lipinski definition) is 1. The van der Waals surface area contributed by atoms with Crippen LogP contribution in [0.25, 0.3) is 0 Å². The number of nitrogens with one attached hydrogen (secondary N) is 1. The van der Waals surface area contributed by atoms with Gasteiger partial charge < -0.3 is 9.88 Å². The van der Waals surface area contributed by atoms with Crippen LogP contribution in [-0.2, 0) is 13.1 Å². The molecule has 1 saturated carbocycles. The molecule has 5 nitrogen and oxygen atoms in total. The van der Waals surface area contributed by atoms with Gasteiger partial charge in [0.25, 0.3) is 0 Å². The molecule has 0 bridgehead atoms. The SMILES string of the molecule is C1CC(CN2CCn3c(nnc3C3CC3)C2)CCN1. The molecule has 2 fully saturated rings. The second kappa shape index (κ2) is 4.87. The van der Waals surface area contributed by atoms with Crippen molar-refractivity contribution in [1.29, 1.82) is 0 Å². The van der Waals surface area contributed by atoms with E-state index in [1.54, 1.807) is 0 Å². The van der Waals surface area contributed by atoms with Crippen molar-refractivity contribution in [2.75, 3.05) is 26.2 Å². The van der Waals surface area contributed by atoms with E-state index >= 15 is 0 Å². The Hall–Kier alpha value is -0.940. The van der Waals surface area contributed by atoms with E-state index < -0.39 is 0 Å². The van der Waals surface area contributed by atoms with Crippen molar-refractivity contribution in [2.24, 2.45) is 5.92 Å². The lowest BCUT2D eigenvalue weighted by atomic mass is 9.97. The van der Waals surface area contributed by atoms with E-state index in [4.69, 9.17) is 0 Å². The lowest BCUT2D eigenvalue weighted by Crippen LogP contribution is -2.40. The maximum Gasteiger partial charge on any atom is 0.147 e. The van der Waals surface area contributed by atoms with Gasteiger partial charge in [-0.05, 0) is 44.7 Å². The fourth-order valence-electron chi connectivity index (χ4n) is 3.46. The Morgan fingerprint density at radius 3 is 2.68 bits per heavy atom. The van der Waals surface area contributed by atoms with Crippen LogP contribution in [0.15, 0.2) is 0 Å². The molecule has 1 aliphatic carbocycles. The predicted molar refractivity (Wildman–Crippen MR) is 72.9 cm³/mol. The van der Waals surface area contributed by atoms with E-state index in [0.29, 0.717) is 0 Å². The Kier molecular flexibility index (Phi) is 3.04. The van der Waals surface area contributed by atoms with Gasteiger partial charge in [0.2, 0.25) is 0 Å². The topological polar surface area (TPSA) is 46.0 Å². The van der Waals surface area contributed by atoms with Gasteiger partial charge >= 0.3 is 0 Å². The Balaban J connectivity index is 1.41. The first-order valence-corrected chi connectivity index (χ1v) is 7.75. The lowest BCUT2D eigenvalue weighted by molar-refractivity contribution is 0.167. The number of piperidine rings is 1. The van der Waals surface area contributed by atoms with Gasteiger partial charge in [-0.3, -0.25) is 4.90 Å². The molecular formula is C14H23N5. The molecule has 0 unspecified atom stereocenters. The molecule has 0 radical (unpaired) electrons. The maximum atomic E-state index is 4.42. The maximum absolute atomic E-state index is 4.42. The molecule has 0 atom stereocenters. The van der Waals surface area contributed by atoms with Crippen LogP contribution in [0.5, 0.6) is 0 Å². The van der Waals surface area contributed by atoms with Crippen LogP contribution in [0.1, 0.15) is 43.3 Å². The summed E-state index contributed by atoms with van der Waals surface area (Å²) in [4.78, 5) is 2.58. The molecule has 1 aromatic heterocycles. The average Bonchev–Trinajstić information content (AvgIpc) is 3.20. The summed E-state index contributed by atoms with van der Waals surface area (Å²) in [6, 6.07) is 0. The first kappa shape index (κ1) is 11.9. The molecule has 0 spiro atoms. The van der Waals surface area contributed by atoms with Gasteiger partial charge in [-0.2, -0.15) is 0 Å². The van der Waals surface area contributed by atoms with Crippen LogP contribution >= 0.6 is 0 Å². The summed E-state index contributed by atoms with van der Waals surface area (Å²) >= 11 is 0. The van der Waals surface area contributed by atoms with E-state index in [0.717, 1.165) is 24.9 Å². The summed E-state index contributed by atoms with van der Waals surface area (Å²) in [7, 11) is 0. The number of fused-ring (bicyclic) bond motifs is 1. The molecule has 1 aromatic rings. The van der Waals surface area contributed by atoms with E-state index in [9.17, 15) is 0 Å². The van der Waals surface area contributed by atoms with E-state index in [1.807, 2.05) is 0 Å². The van der Waals surface area contributed by atoms with Gasteiger partial charge in [-0.15, -0.1) is 10.2 Å². The molecule has 19 heavy (non-hydrogen) atoms. The minimum absolute atomic E-state index is 0.720. The van der Waals surface area contributed by atoms with Crippen molar-refractivity contribution in [1.82, 2.24) is 25.0 Å². The van der Waals surface area contributed by atoms with Crippen molar-refractivity contribution in [3.05, 3.63) is 11.6 Å². The largest absolute Gasteiger partial charge is 0.317 e. The van der Waals surface area contributed by atoms with Crippen molar-refractivity contribution < 1.29 is 0 Å². The van der Waals surface area contributed by atoms with Gasteiger partial charge in [-0.25, -0.2) is 0 Å². The summed E-state index contributed by atoms with van der Waals surface area (Å²) in [5.74, 6) is 4.05. The van der Waals surface area contributed by atoms with E-state index in [1.165, 1.54) is 63.5 Å². The number of nitrogens with zero attached hydrogens (tertiary/aromatic N) is 4. The number of aromatic nitrogens is 3. The Morgan fingerprint density at radius 1 is 1.05 bits per heavy atom. The highest BCUT2D eigenvalue weighted by Gasteiger charge is 2.32. The summed E-state index contributed by atoms with van der Waals surface area (Å²) in [5, 5.41) is 12.3. The minimum Gasteiger partial charge on any atom is -0.317 e. The standard InChI is InChI=1S/C14H23N5/c1-2-12(1)14-17-16-13-10-18(7-8-19(13)14)9-11-3-5-15-6-4-11/h11-12,15H,1-10H2. The van der Waals surface area contributed by atoms with Gasteiger partial charge in [0.15, 0.2) is 0 Å². The average molecular weight is 261 g/mol. The van der Waals surface area contributed by atoms with Crippen molar-refractivity contribution in [3.8, 4) is 0 Å². The van der Waals surface area contributed by atoms with E-state index in [-0.39, 0.29) is 0 Å². The second-order valence-corrected chi connectivity index (χ2v) is 6.33. The Bertz CT molecular complexity index is 445. The third kappa shape index (κ3) is 2.41. The summed E-state index contributed by atoms with van der Waals surface area (Å²) in [5.41, 5.74) is 0.